The van der Waals surface area contributed by atoms with Crippen molar-refractivity contribution in [3.8, 4) is 5.75 Å². The number of urea groups is 1. The molecule has 1 aromatic carbocycles. The van der Waals surface area contributed by atoms with Gasteiger partial charge in [0.25, 0.3) is 0 Å². The molecule has 7 heteroatoms. The fourth-order valence-electron chi connectivity index (χ4n) is 3.17. The SMILES string of the molecule is COc1ccc2[nH]cc(C3=CCN([C@H](C)C(=O)NC(N)=O)CC3)c2c1. The zero-order chi connectivity index (χ0) is 18.0. The Bertz CT molecular complexity index is 840. The van der Waals surface area contributed by atoms with Crippen LogP contribution in [0.1, 0.15) is 18.9 Å². The van der Waals surface area contributed by atoms with Gasteiger partial charge in [0.05, 0.1) is 13.2 Å². The number of hydrogen-bond donors (Lipinski definition) is 3. The van der Waals surface area contributed by atoms with Crippen LogP contribution in [0.5, 0.6) is 5.75 Å². The summed E-state index contributed by atoms with van der Waals surface area (Å²) in [5.74, 6) is 0.448. The van der Waals surface area contributed by atoms with Gasteiger partial charge < -0.3 is 15.5 Å². The number of rotatable bonds is 4. The smallest absolute Gasteiger partial charge is 0.318 e. The number of nitrogens with one attached hydrogen (secondary N) is 2. The Morgan fingerprint density at radius 1 is 1.40 bits per heavy atom. The van der Waals surface area contributed by atoms with Gasteiger partial charge in [-0.3, -0.25) is 15.0 Å². The number of hydrogen-bond acceptors (Lipinski definition) is 4. The molecule has 25 heavy (non-hydrogen) atoms. The number of aromatic nitrogens is 1. The molecule has 0 saturated heterocycles. The molecule has 0 radical (unpaired) electrons. The van der Waals surface area contributed by atoms with Crippen LogP contribution in [0, 0.1) is 0 Å². The van der Waals surface area contributed by atoms with E-state index in [4.69, 9.17) is 10.5 Å². The molecule has 0 spiro atoms. The molecule has 1 atom stereocenters. The van der Waals surface area contributed by atoms with Crippen LogP contribution in [0.3, 0.4) is 0 Å². The molecule has 0 unspecified atom stereocenters. The quantitative estimate of drug-likeness (QED) is 0.789. The van der Waals surface area contributed by atoms with Crippen LogP contribution in [-0.2, 0) is 4.79 Å². The van der Waals surface area contributed by atoms with Crippen molar-refractivity contribution in [1.82, 2.24) is 15.2 Å². The van der Waals surface area contributed by atoms with E-state index >= 15 is 0 Å². The van der Waals surface area contributed by atoms with Gasteiger partial charge in [0, 0.05) is 35.8 Å². The Morgan fingerprint density at radius 3 is 2.84 bits per heavy atom. The molecule has 4 N–H and O–H groups in total. The maximum absolute atomic E-state index is 11.9. The number of benzene rings is 1. The van der Waals surface area contributed by atoms with Crippen LogP contribution < -0.4 is 15.8 Å². The Balaban J connectivity index is 1.77. The minimum atomic E-state index is -0.821. The second-order valence-electron chi connectivity index (χ2n) is 6.12. The van der Waals surface area contributed by atoms with Crippen molar-refractivity contribution in [2.75, 3.05) is 20.2 Å². The zero-order valence-corrected chi connectivity index (χ0v) is 14.3. The summed E-state index contributed by atoms with van der Waals surface area (Å²) in [4.78, 5) is 28.0. The lowest BCUT2D eigenvalue weighted by Gasteiger charge is -2.30. The van der Waals surface area contributed by atoms with E-state index in [0.717, 1.165) is 35.2 Å². The van der Waals surface area contributed by atoms with Crippen LogP contribution in [0.25, 0.3) is 16.5 Å². The zero-order valence-electron chi connectivity index (χ0n) is 14.3. The lowest BCUT2D eigenvalue weighted by atomic mass is 9.98. The van der Waals surface area contributed by atoms with E-state index in [1.807, 2.05) is 29.3 Å². The number of H-pyrrole nitrogens is 1. The number of nitrogens with zero attached hydrogens (tertiary/aromatic N) is 1. The van der Waals surface area contributed by atoms with Gasteiger partial charge >= 0.3 is 6.03 Å². The van der Waals surface area contributed by atoms with Gasteiger partial charge in [-0.1, -0.05) is 6.08 Å². The summed E-state index contributed by atoms with van der Waals surface area (Å²) in [6.45, 7) is 3.14. The highest BCUT2D eigenvalue weighted by molar-refractivity contribution is 5.96. The molecule has 0 bridgehead atoms. The van der Waals surface area contributed by atoms with E-state index in [-0.39, 0.29) is 5.91 Å². The number of primary amides is 1. The fourth-order valence-corrected chi connectivity index (χ4v) is 3.17. The van der Waals surface area contributed by atoms with Crippen LogP contribution in [0.15, 0.2) is 30.5 Å². The predicted molar refractivity (Wildman–Crippen MR) is 96.2 cm³/mol. The third-order valence-electron chi connectivity index (χ3n) is 4.65. The number of ether oxygens (including phenoxy) is 1. The maximum atomic E-state index is 11.9. The summed E-state index contributed by atoms with van der Waals surface area (Å²) in [5, 5.41) is 3.26. The third kappa shape index (κ3) is 3.51. The van der Waals surface area contributed by atoms with Crippen molar-refractivity contribution < 1.29 is 14.3 Å². The minimum Gasteiger partial charge on any atom is -0.497 e. The van der Waals surface area contributed by atoms with E-state index in [1.165, 1.54) is 5.57 Å². The second kappa shape index (κ2) is 6.98. The molecule has 3 amide bonds. The molecule has 0 saturated carbocycles. The molecule has 132 valence electrons. The first-order chi connectivity index (χ1) is 12.0. The monoisotopic (exact) mass is 342 g/mol. The standard InChI is InChI=1S/C18H22N4O3/c1-11(17(23)21-18(19)24)22-7-5-12(6-8-22)15-10-20-16-4-3-13(25-2)9-14(15)16/h3-5,9-11,20H,6-8H2,1-2H3,(H3,19,21,23,24)/t11-/m1/s1. The molecule has 1 aromatic heterocycles. The molecule has 0 fully saturated rings. The van der Waals surface area contributed by atoms with Gasteiger partial charge in [0.2, 0.25) is 5.91 Å². The molecule has 0 aliphatic carbocycles. The Kier molecular flexibility index (Phi) is 4.76. The highest BCUT2D eigenvalue weighted by Crippen LogP contribution is 2.31. The molecule has 2 heterocycles. The van der Waals surface area contributed by atoms with Crippen molar-refractivity contribution >= 4 is 28.4 Å². The van der Waals surface area contributed by atoms with E-state index < -0.39 is 12.1 Å². The van der Waals surface area contributed by atoms with Crippen LogP contribution in [0.2, 0.25) is 0 Å². The summed E-state index contributed by atoms with van der Waals surface area (Å²) in [5.41, 5.74) is 8.46. The number of carbonyl (C=O) groups is 2. The molecule has 2 aromatic rings. The summed E-state index contributed by atoms with van der Waals surface area (Å²) in [6, 6.07) is 4.73. The Morgan fingerprint density at radius 2 is 2.20 bits per heavy atom. The molecular formula is C18H22N4O3. The lowest BCUT2D eigenvalue weighted by Crippen LogP contribution is -2.49. The van der Waals surface area contributed by atoms with Crippen LogP contribution >= 0.6 is 0 Å². The van der Waals surface area contributed by atoms with Gasteiger partial charge in [0.15, 0.2) is 0 Å². The van der Waals surface area contributed by atoms with Gasteiger partial charge in [0.1, 0.15) is 5.75 Å². The number of imide groups is 1. The first-order valence-electron chi connectivity index (χ1n) is 8.18. The van der Waals surface area contributed by atoms with Crippen molar-refractivity contribution in [3.05, 3.63) is 36.0 Å². The number of amides is 3. The highest BCUT2D eigenvalue weighted by atomic mass is 16.5. The molecule has 1 aliphatic rings. The van der Waals surface area contributed by atoms with Gasteiger partial charge in [-0.25, -0.2) is 4.79 Å². The molecular weight excluding hydrogens is 320 g/mol. The van der Waals surface area contributed by atoms with E-state index in [0.29, 0.717) is 6.54 Å². The summed E-state index contributed by atoms with van der Waals surface area (Å²) < 4.78 is 5.32. The highest BCUT2D eigenvalue weighted by Gasteiger charge is 2.24. The molecule has 1 aliphatic heterocycles. The van der Waals surface area contributed by atoms with E-state index in [9.17, 15) is 9.59 Å². The van der Waals surface area contributed by atoms with Crippen molar-refractivity contribution in [3.63, 3.8) is 0 Å². The largest absolute Gasteiger partial charge is 0.497 e. The number of fused-ring (bicyclic) bond motifs is 1. The normalized spacial score (nSPS) is 16.3. The number of aromatic amines is 1. The molecule has 3 rings (SSSR count). The van der Waals surface area contributed by atoms with Gasteiger partial charge in [-0.2, -0.15) is 0 Å². The second-order valence-corrected chi connectivity index (χ2v) is 6.12. The average molecular weight is 342 g/mol. The summed E-state index contributed by atoms with van der Waals surface area (Å²) in [6.07, 6.45) is 4.95. The minimum absolute atomic E-state index is 0.374. The van der Waals surface area contributed by atoms with E-state index in [2.05, 4.69) is 16.4 Å². The molecule has 7 nitrogen and oxygen atoms in total. The van der Waals surface area contributed by atoms with Crippen LogP contribution in [-0.4, -0.2) is 48.1 Å². The Labute approximate surface area is 145 Å². The Hall–Kier alpha value is -2.80. The van der Waals surface area contributed by atoms with Crippen LogP contribution in [0.4, 0.5) is 4.79 Å². The number of nitrogens with two attached hydrogens (primary N) is 1. The maximum Gasteiger partial charge on any atom is 0.318 e. The first-order valence-corrected chi connectivity index (χ1v) is 8.18. The van der Waals surface area contributed by atoms with Gasteiger partial charge in [-0.15, -0.1) is 0 Å². The summed E-state index contributed by atoms with van der Waals surface area (Å²) in [7, 11) is 1.66. The van der Waals surface area contributed by atoms with Crippen molar-refractivity contribution in [2.24, 2.45) is 5.73 Å². The fraction of sp³-hybridized carbons (Fsp3) is 0.333. The number of carbonyl (C=O) groups excluding carboxylic acids is 2. The predicted octanol–water partition coefficient (Wildman–Crippen LogP) is 1.85. The van der Waals surface area contributed by atoms with Gasteiger partial charge in [-0.05, 0) is 37.1 Å². The average Bonchev–Trinajstić information content (AvgIpc) is 3.03. The lowest BCUT2D eigenvalue weighted by molar-refractivity contribution is -0.124. The summed E-state index contributed by atoms with van der Waals surface area (Å²) >= 11 is 0. The topological polar surface area (TPSA) is 100 Å². The van der Waals surface area contributed by atoms with Crippen molar-refractivity contribution in [2.45, 2.75) is 19.4 Å². The van der Waals surface area contributed by atoms with E-state index in [1.54, 1.807) is 14.0 Å². The third-order valence-corrected chi connectivity index (χ3v) is 4.65. The van der Waals surface area contributed by atoms with Crippen molar-refractivity contribution in [1.29, 1.82) is 0 Å². The number of methoxy groups -OCH3 is 1. The first kappa shape index (κ1) is 17.0.